The maximum absolute atomic E-state index is 13.9. The van der Waals surface area contributed by atoms with Crippen molar-refractivity contribution in [3.8, 4) is 0 Å². The van der Waals surface area contributed by atoms with Gasteiger partial charge in [0.05, 0.1) is 4.08 Å². The van der Waals surface area contributed by atoms with E-state index in [0.29, 0.717) is 11.1 Å². The number of hydrogen-bond donors (Lipinski definition) is 2. The molecule has 2 rings (SSSR count). The van der Waals surface area contributed by atoms with E-state index in [0.717, 1.165) is 0 Å². The summed E-state index contributed by atoms with van der Waals surface area (Å²) in [6.07, 6.45) is 5.42. The topological polar surface area (TPSA) is 0 Å². The van der Waals surface area contributed by atoms with Gasteiger partial charge in [-0.3, -0.25) is 0 Å². The lowest BCUT2D eigenvalue weighted by Gasteiger charge is -2.28. The van der Waals surface area contributed by atoms with Crippen LogP contribution in [-0.2, 0) is 0 Å². The van der Waals surface area contributed by atoms with Crippen molar-refractivity contribution in [1.29, 1.82) is 0 Å². The van der Waals surface area contributed by atoms with Gasteiger partial charge in [-0.15, -0.1) is 0 Å². The highest BCUT2D eigenvalue weighted by atomic mass is 32.2. The fourth-order valence-corrected chi connectivity index (χ4v) is 2.28. The summed E-state index contributed by atoms with van der Waals surface area (Å²) in [5.41, 5.74) is 1.15. The number of halogens is 2. The Labute approximate surface area is 117 Å². The standard InChI is InChI=1S/C14H14F2S2/c1-8-3-6-11(13(16)12(8)15)10-5-4-9(2)14(17,18)7-10/h3-7,9,17-18H,1-2H3. The van der Waals surface area contributed by atoms with Gasteiger partial charge >= 0.3 is 0 Å². The highest BCUT2D eigenvalue weighted by Crippen LogP contribution is 2.39. The van der Waals surface area contributed by atoms with Gasteiger partial charge in [0.1, 0.15) is 0 Å². The first-order valence-electron chi connectivity index (χ1n) is 5.63. The third kappa shape index (κ3) is 2.36. The Morgan fingerprint density at radius 1 is 1.17 bits per heavy atom. The molecule has 0 saturated carbocycles. The first kappa shape index (κ1) is 13.7. The van der Waals surface area contributed by atoms with Crippen LogP contribution in [0.2, 0.25) is 0 Å². The summed E-state index contributed by atoms with van der Waals surface area (Å²) in [5, 5.41) is 0. The van der Waals surface area contributed by atoms with Gasteiger partial charge < -0.3 is 0 Å². The summed E-state index contributed by atoms with van der Waals surface area (Å²) in [4.78, 5) is 0. The van der Waals surface area contributed by atoms with Crippen LogP contribution < -0.4 is 0 Å². The van der Waals surface area contributed by atoms with Crippen molar-refractivity contribution in [3.63, 3.8) is 0 Å². The maximum atomic E-state index is 13.9. The minimum absolute atomic E-state index is 0.117. The Hall–Kier alpha value is -0.740. The van der Waals surface area contributed by atoms with Gasteiger partial charge in [-0.05, 0) is 18.1 Å². The van der Waals surface area contributed by atoms with Gasteiger partial charge in [-0.1, -0.05) is 37.3 Å². The quantitative estimate of drug-likeness (QED) is 0.553. The molecule has 0 bridgehead atoms. The van der Waals surface area contributed by atoms with Gasteiger partial charge in [0.2, 0.25) is 0 Å². The number of benzene rings is 1. The summed E-state index contributed by atoms with van der Waals surface area (Å²) < 4.78 is 26.8. The Kier molecular flexibility index (Phi) is 3.60. The molecule has 0 amide bonds. The van der Waals surface area contributed by atoms with Crippen LogP contribution in [0.3, 0.4) is 0 Å². The Bertz CT molecular complexity index is 545. The molecule has 18 heavy (non-hydrogen) atoms. The van der Waals surface area contributed by atoms with Crippen molar-refractivity contribution in [2.75, 3.05) is 0 Å². The molecule has 1 aliphatic rings. The average Bonchev–Trinajstić information content (AvgIpc) is 2.30. The fourth-order valence-electron chi connectivity index (χ4n) is 1.83. The van der Waals surface area contributed by atoms with Crippen LogP contribution in [0, 0.1) is 24.5 Å². The lowest BCUT2D eigenvalue weighted by atomic mass is 9.92. The molecule has 0 saturated heterocycles. The predicted octanol–water partition coefficient (Wildman–Crippen LogP) is 4.42. The largest absolute Gasteiger partial charge is 0.203 e. The molecule has 0 N–H and O–H groups in total. The second-order valence-corrected chi connectivity index (χ2v) is 6.42. The molecular weight excluding hydrogens is 270 g/mol. The summed E-state index contributed by atoms with van der Waals surface area (Å²) in [6, 6.07) is 3.15. The smallest absolute Gasteiger partial charge is 0.166 e. The van der Waals surface area contributed by atoms with Crippen molar-refractivity contribution in [3.05, 3.63) is 53.1 Å². The van der Waals surface area contributed by atoms with E-state index in [2.05, 4.69) is 25.3 Å². The van der Waals surface area contributed by atoms with Crippen LogP contribution in [0.4, 0.5) is 8.78 Å². The summed E-state index contributed by atoms with van der Waals surface area (Å²) in [6.45, 7) is 3.51. The lowest BCUT2D eigenvalue weighted by molar-refractivity contribution is 0.501. The molecule has 0 fully saturated rings. The molecule has 96 valence electrons. The highest BCUT2D eigenvalue weighted by Gasteiger charge is 2.28. The number of thiol groups is 2. The van der Waals surface area contributed by atoms with Gasteiger partial charge in [-0.2, -0.15) is 25.3 Å². The molecule has 1 aromatic rings. The minimum atomic E-state index is -0.821. The third-order valence-corrected chi connectivity index (χ3v) is 4.26. The van der Waals surface area contributed by atoms with Gasteiger partial charge in [0.15, 0.2) is 11.6 Å². The zero-order valence-corrected chi connectivity index (χ0v) is 11.9. The van der Waals surface area contributed by atoms with E-state index in [1.807, 2.05) is 13.0 Å². The van der Waals surface area contributed by atoms with Crippen LogP contribution in [-0.4, -0.2) is 4.08 Å². The predicted molar refractivity (Wildman–Crippen MR) is 78.1 cm³/mol. The normalized spacial score (nSPS) is 21.9. The molecule has 1 aromatic carbocycles. The van der Waals surface area contributed by atoms with Crippen molar-refractivity contribution in [2.45, 2.75) is 17.9 Å². The molecule has 4 heteroatoms. The van der Waals surface area contributed by atoms with Crippen LogP contribution in [0.15, 0.2) is 30.4 Å². The number of hydrogen-bond acceptors (Lipinski definition) is 2. The third-order valence-electron chi connectivity index (χ3n) is 3.19. The fraction of sp³-hybridized carbons (Fsp3) is 0.286. The van der Waals surface area contributed by atoms with Crippen LogP contribution >= 0.6 is 25.3 Å². The maximum Gasteiger partial charge on any atom is 0.166 e. The summed E-state index contributed by atoms with van der Waals surface area (Å²) >= 11 is 8.85. The van der Waals surface area contributed by atoms with Crippen LogP contribution in [0.5, 0.6) is 0 Å². The zero-order valence-electron chi connectivity index (χ0n) is 10.1. The first-order valence-corrected chi connectivity index (χ1v) is 6.53. The summed E-state index contributed by atoms with van der Waals surface area (Å²) in [7, 11) is 0. The number of allylic oxidation sites excluding steroid dienone is 3. The second-order valence-electron chi connectivity index (χ2n) is 4.59. The molecule has 0 heterocycles. The first-order chi connectivity index (χ1) is 8.33. The number of rotatable bonds is 1. The van der Waals surface area contributed by atoms with Crippen molar-refractivity contribution >= 4 is 30.8 Å². The molecule has 1 unspecified atom stereocenters. The van der Waals surface area contributed by atoms with E-state index < -0.39 is 15.7 Å². The van der Waals surface area contributed by atoms with Gasteiger partial charge in [-0.25, -0.2) is 8.78 Å². The van der Waals surface area contributed by atoms with E-state index in [1.54, 1.807) is 24.3 Å². The Morgan fingerprint density at radius 3 is 2.44 bits per heavy atom. The van der Waals surface area contributed by atoms with Crippen molar-refractivity contribution < 1.29 is 8.78 Å². The van der Waals surface area contributed by atoms with E-state index in [9.17, 15) is 8.78 Å². The van der Waals surface area contributed by atoms with Crippen molar-refractivity contribution in [2.24, 2.45) is 5.92 Å². The molecule has 1 aliphatic carbocycles. The van der Waals surface area contributed by atoms with E-state index in [-0.39, 0.29) is 11.5 Å². The van der Waals surface area contributed by atoms with Crippen molar-refractivity contribution in [1.82, 2.24) is 0 Å². The highest BCUT2D eigenvalue weighted by molar-refractivity contribution is 8.01. The average molecular weight is 284 g/mol. The molecule has 0 radical (unpaired) electrons. The summed E-state index contributed by atoms with van der Waals surface area (Å²) in [5.74, 6) is -1.51. The second kappa shape index (κ2) is 4.74. The lowest BCUT2D eigenvalue weighted by Crippen LogP contribution is -2.22. The molecular formula is C14H14F2S2. The Morgan fingerprint density at radius 2 is 1.83 bits per heavy atom. The van der Waals surface area contributed by atoms with E-state index in [4.69, 9.17) is 0 Å². The van der Waals surface area contributed by atoms with E-state index in [1.165, 1.54) is 6.92 Å². The molecule has 0 spiro atoms. The number of aryl methyl sites for hydroxylation is 1. The zero-order chi connectivity index (χ0) is 13.5. The van der Waals surface area contributed by atoms with E-state index >= 15 is 0 Å². The molecule has 0 aliphatic heterocycles. The molecule has 0 aromatic heterocycles. The van der Waals surface area contributed by atoms with Gasteiger partial charge in [0, 0.05) is 11.5 Å². The van der Waals surface area contributed by atoms with Crippen LogP contribution in [0.1, 0.15) is 18.1 Å². The molecule has 1 atom stereocenters. The minimum Gasteiger partial charge on any atom is -0.203 e. The van der Waals surface area contributed by atoms with Crippen LogP contribution in [0.25, 0.3) is 5.57 Å². The Balaban J connectivity index is 2.52. The molecule has 0 nitrogen and oxygen atoms in total. The monoisotopic (exact) mass is 284 g/mol. The SMILES string of the molecule is Cc1ccc(C2=CC(S)(S)C(C)C=C2)c(F)c1F. The van der Waals surface area contributed by atoms with Gasteiger partial charge in [0.25, 0.3) is 0 Å².